The molecule has 18 aromatic carbocycles. The van der Waals surface area contributed by atoms with Crippen LogP contribution in [-0.2, 0) is 10.8 Å². The van der Waals surface area contributed by atoms with E-state index in [1.807, 2.05) is 0 Å². The number of fused-ring (bicyclic) bond motifs is 18. The van der Waals surface area contributed by atoms with Crippen LogP contribution in [0, 0.1) is 0 Å². The van der Waals surface area contributed by atoms with Crippen LogP contribution in [0.1, 0.15) is 49.9 Å². The fourth-order valence-corrected chi connectivity index (χ4v) is 20.0. The van der Waals surface area contributed by atoms with Crippen molar-refractivity contribution in [1.82, 2.24) is 18.3 Å². The molecule has 0 bridgehead atoms. The smallest absolute Gasteiger partial charge is 0.0547 e. The third-order valence-corrected chi connectivity index (χ3v) is 25.8. The third kappa shape index (κ3) is 10.9. The first-order chi connectivity index (χ1) is 58.0. The fraction of sp³-hybridized carbons (Fsp3) is 0.0526. The molecule has 0 saturated carbocycles. The van der Waals surface area contributed by atoms with Gasteiger partial charge in [0.25, 0.3) is 0 Å². The van der Waals surface area contributed by atoms with Crippen LogP contribution < -0.4 is 0 Å². The molecule has 0 radical (unpaired) electrons. The first-order valence-electron chi connectivity index (χ1n) is 41.2. The molecule has 0 amide bonds. The molecule has 0 saturated heterocycles. The topological polar surface area (TPSA) is 19.7 Å². The van der Waals surface area contributed by atoms with Crippen molar-refractivity contribution in [3.63, 3.8) is 0 Å². The predicted molar refractivity (Wildman–Crippen MR) is 498 cm³/mol. The van der Waals surface area contributed by atoms with Crippen molar-refractivity contribution >= 4 is 87.2 Å². The zero-order chi connectivity index (χ0) is 78.5. The third-order valence-electron chi connectivity index (χ3n) is 25.8. The van der Waals surface area contributed by atoms with Crippen molar-refractivity contribution in [2.75, 3.05) is 0 Å². The Hall–Kier alpha value is -14.8. The highest BCUT2D eigenvalue weighted by molar-refractivity contribution is 6.17. The molecular formula is C114H80N4. The second-order valence-electron chi connectivity index (χ2n) is 33.1. The zero-order valence-electron chi connectivity index (χ0n) is 66.0. The van der Waals surface area contributed by atoms with Gasteiger partial charge in [-0.2, -0.15) is 0 Å². The molecule has 0 N–H and O–H groups in total. The summed E-state index contributed by atoms with van der Waals surface area (Å²) < 4.78 is 9.80. The highest BCUT2D eigenvalue weighted by Crippen LogP contribution is 2.54. The summed E-state index contributed by atoms with van der Waals surface area (Å²) in [6.45, 7) is 9.50. The molecule has 556 valence electrons. The molecule has 2 aliphatic rings. The first kappa shape index (κ1) is 68.7. The molecule has 0 atom stereocenters. The summed E-state index contributed by atoms with van der Waals surface area (Å²) in [6.07, 6.45) is 0. The molecule has 118 heavy (non-hydrogen) atoms. The average molecular weight is 1510 g/mol. The van der Waals surface area contributed by atoms with E-state index in [0.717, 1.165) is 22.7 Å². The Kier molecular flexibility index (Phi) is 15.7. The minimum atomic E-state index is -0.101. The number of aromatic nitrogens is 4. The second-order valence-corrected chi connectivity index (χ2v) is 33.1. The lowest BCUT2D eigenvalue weighted by molar-refractivity contribution is 0.661. The largest absolute Gasteiger partial charge is 0.309 e. The number of benzene rings is 18. The Morgan fingerprint density at radius 3 is 0.771 bits per heavy atom. The monoisotopic (exact) mass is 1500 g/mol. The normalized spacial score (nSPS) is 13.1. The van der Waals surface area contributed by atoms with Gasteiger partial charge in [-0.3, -0.25) is 0 Å². The lowest BCUT2D eigenvalue weighted by Gasteiger charge is -2.21. The van der Waals surface area contributed by atoms with Gasteiger partial charge in [-0.1, -0.05) is 307 Å². The van der Waals surface area contributed by atoms with Crippen molar-refractivity contribution < 1.29 is 0 Å². The summed E-state index contributed by atoms with van der Waals surface area (Å²) in [5.41, 5.74) is 39.6. The van der Waals surface area contributed by atoms with Crippen molar-refractivity contribution in [2.45, 2.75) is 38.5 Å². The summed E-state index contributed by atoms with van der Waals surface area (Å²) in [7, 11) is 0. The van der Waals surface area contributed by atoms with Crippen LogP contribution in [0.3, 0.4) is 0 Å². The minimum absolute atomic E-state index is 0.0980. The standard InChI is InChI=1S/2C57H40N2/c1-57(2)51-25-11-9-23-45(51)47-36-56-50(35-52(47)57)49-34-42(28-30-55(49)59(56)44-22-14-20-40(32-44)38-17-7-4-8-18-38)41-27-29-54-48(33-41)46-24-10-12-26-53(46)58(54)43-21-13-19-39(31-43)37-15-5-3-6-16-37;1-57(2)51-25-11-9-23-45(51)47-35-50-49-34-42(28-30-55(49)59(56(50)36-52(47)57)44-22-14-20-40(32-44)38-17-7-4-8-18-38)41-27-29-54-48(33-41)46-24-10-12-26-53(46)58(54)43-21-13-19-39(31-43)37-15-5-3-6-16-37/h2*3-36H,1-2H3. The zero-order valence-corrected chi connectivity index (χ0v) is 66.0. The number of hydrogen-bond acceptors (Lipinski definition) is 0. The molecule has 0 spiro atoms. The van der Waals surface area contributed by atoms with Crippen LogP contribution >= 0.6 is 0 Å². The van der Waals surface area contributed by atoms with Gasteiger partial charge in [-0.25, -0.2) is 0 Å². The number of para-hydroxylation sites is 2. The van der Waals surface area contributed by atoms with Crippen LogP contribution in [0.25, 0.3) is 199 Å². The molecule has 4 nitrogen and oxygen atoms in total. The van der Waals surface area contributed by atoms with Crippen LogP contribution in [0.4, 0.5) is 0 Å². The average Bonchev–Trinajstić information content (AvgIpc) is 1.55. The molecule has 22 aromatic rings. The minimum Gasteiger partial charge on any atom is -0.309 e. The van der Waals surface area contributed by atoms with Gasteiger partial charge in [0.05, 0.1) is 44.1 Å². The predicted octanol–water partition coefficient (Wildman–Crippen LogP) is 30.4. The van der Waals surface area contributed by atoms with Gasteiger partial charge in [0, 0.05) is 76.7 Å². The van der Waals surface area contributed by atoms with Crippen molar-refractivity contribution in [3.8, 4) is 112 Å². The summed E-state index contributed by atoms with van der Waals surface area (Å²) in [5, 5.41) is 10.1. The van der Waals surface area contributed by atoms with E-state index in [4.69, 9.17) is 0 Å². The van der Waals surface area contributed by atoms with E-state index >= 15 is 0 Å². The fourth-order valence-electron chi connectivity index (χ4n) is 20.0. The highest BCUT2D eigenvalue weighted by atomic mass is 15.0. The van der Waals surface area contributed by atoms with Crippen molar-refractivity contribution in [3.05, 3.63) is 435 Å². The lowest BCUT2D eigenvalue weighted by Crippen LogP contribution is -2.14. The van der Waals surface area contributed by atoms with Gasteiger partial charge < -0.3 is 18.3 Å². The molecule has 4 heterocycles. The van der Waals surface area contributed by atoms with Crippen LogP contribution in [0.15, 0.2) is 413 Å². The summed E-state index contributed by atoms with van der Waals surface area (Å²) in [6, 6.07) is 152. The maximum atomic E-state index is 2.49. The Morgan fingerprint density at radius 2 is 0.398 bits per heavy atom. The number of hydrogen-bond donors (Lipinski definition) is 0. The SMILES string of the molecule is CC1(C)c2ccccc2-c2cc3c(cc21)c1cc(-c2ccc4c(c2)c2ccccc2n4-c2cccc(-c4ccccc4)c2)ccc1n3-c1cccc(-c2ccccc2)c1.CC1(C)c2ccccc2-c2cc3c4cc(-c5ccc6c(c5)c5ccccc5n6-c5cccc(-c6ccccc6)c5)ccc4n(-c4cccc(-c5ccccc5)c4)c3cc21. The Morgan fingerprint density at radius 1 is 0.144 bits per heavy atom. The highest BCUT2D eigenvalue weighted by Gasteiger charge is 2.38. The molecule has 4 heteroatoms. The maximum absolute atomic E-state index is 2.49. The van der Waals surface area contributed by atoms with E-state index in [1.165, 1.54) is 198 Å². The quantitative estimate of drug-likeness (QED) is 0.130. The van der Waals surface area contributed by atoms with E-state index in [0.29, 0.717) is 0 Å². The molecule has 0 aliphatic heterocycles. The lowest BCUT2D eigenvalue weighted by atomic mass is 9.82. The van der Waals surface area contributed by atoms with Crippen molar-refractivity contribution in [2.24, 2.45) is 0 Å². The van der Waals surface area contributed by atoms with Crippen LogP contribution in [0.5, 0.6) is 0 Å². The van der Waals surface area contributed by atoms with Gasteiger partial charge in [0.2, 0.25) is 0 Å². The van der Waals surface area contributed by atoms with E-state index in [9.17, 15) is 0 Å². The van der Waals surface area contributed by atoms with Crippen LogP contribution in [-0.4, -0.2) is 18.3 Å². The van der Waals surface area contributed by atoms with Gasteiger partial charge in [0.1, 0.15) is 0 Å². The van der Waals surface area contributed by atoms with E-state index in [1.54, 1.807) is 0 Å². The first-order valence-corrected chi connectivity index (χ1v) is 41.2. The molecule has 24 rings (SSSR count). The molecular weight excluding hydrogens is 1430 g/mol. The Labute approximate surface area is 685 Å². The molecule has 4 aromatic heterocycles. The van der Waals surface area contributed by atoms with E-state index < -0.39 is 0 Å². The molecule has 2 aliphatic carbocycles. The van der Waals surface area contributed by atoms with E-state index in [-0.39, 0.29) is 10.8 Å². The van der Waals surface area contributed by atoms with Crippen molar-refractivity contribution in [1.29, 1.82) is 0 Å². The number of rotatable bonds is 10. The second kappa shape index (κ2) is 26.9. The van der Waals surface area contributed by atoms with Gasteiger partial charge >= 0.3 is 0 Å². The number of nitrogens with zero attached hydrogens (tertiary/aromatic N) is 4. The Bertz CT molecular complexity index is 7830. The van der Waals surface area contributed by atoms with Gasteiger partial charge in [0.15, 0.2) is 0 Å². The van der Waals surface area contributed by atoms with E-state index in [2.05, 4.69) is 458 Å². The summed E-state index contributed by atoms with van der Waals surface area (Å²) in [4.78, 5) is 0. The molecule has 0 fully saturated rings. The summed E-state index contributed by atoms with van der Waals surface area (Å²) in [5.74, 6) is 0. The van der Waals surface area contributed by atoms with Crippen LogP contribution in [0.2, 0.25) is 0 Å². The Balaban J connectivity index is 0.000000138. The summed E-state index contributed by atoms with van der Waals surface area (Å²) >= 11 is 0. The maximum Gasteiger partial charge on any atom is 0.0547 e. The molecule has 0 unspecified atom stereocenters. The van der Waals surface area contributed by atoms with Gasteiger partial charge in [-0.05, 0) is 245 Å². The van der Waals surface area contributed by atoms with Gasteiger partial charge in [-0.15, -0.1) is 0 Å².